The van der Waals surface area contributed by atoms with Crippen LogP contribution in [0.4, 0.5) is 0 Å². The van der Waals surface area contributed by atoms with Gasteiger partial charge >= 0.3 is 0 Å². The van der Waals surface area contributed by atoms with E-state index in [2.05, 4.69) is 0 Å². The van der Waals surface area contributed by atoms with E-state index in [1.54, 1.807) is 11.9 Å². The molecule has 0 aromatic carbocycles. The van der Waals surface area contributed by atoms with Gasteiger partial charge in [-0.2, -0.15) is 0 Å². The first kappa shape index (κ1) is 10.3. The number of amides is 1. The van der Waals surface area contributed by atoms with E-state index in [1.807, 2.05) is 6.92 Å². The van der Waals surface area contributed by atoms with Crippen molar-refractivity contribution in [3.63, 3.8) is 0 Å². The number of hydrogen-bond acceptors (Lipinski definition) is 3. The summed E-state index contributed by atoms with van der Waals surface area (Å²) >= 11 is 4.73. The molecule has 0 saturated carbocycles. The van der Waals surface area contributed by atoms with Gasteiger partial charge in [0.05, 0.1) is 17.6 Å². The van der Waals surface area contributed by atoms with Crippen molar-refractivity contribution in [3.8, 4) is 0 Å². The van der Waals surface area contributed by atoms with Crippen molar-refractivity contribution >= 4 is 23.1 Å². The normalized spacial score (nSPS) is 13.0. The quantitative estimate of drug-likeness (QED) is 0.542. The second-order valence-corrected chi connectivity index (χ2v) is 2.93. The minimum absolute atomic E-state index is 0.0856. The minimum atomic E-state index is -0.379. The van der Waals surface area contributed by atoms with Crippen molar-refractivity contribution in [1.82, 2.24) is 4.90 Å². The van der Waals surface area contributed by atoms with Crippen molar-refractivity contribution in [2.75, 3.05) is 13.6 Å². The maximum Gasteiger partial charge on any atom is 0.231 e. The predicted molar refractivity (Wildman–Crippen MR) is 48.1 cm³/mol. The van der Waals surface area contributed by atoms with Crippen LogP contribution in [0.25, 0.3) is 0 Å². The molecule has 0 fully saturated rings. The van der Waals surface area contributed by atoms with E-state index in [4.69, 9.17) is 23.7 Å². The lowest BCUT2D eigenvalue weighted by Gasteiger charge is -2.21. The molecular weight excluding hydrogens is 162 g/mol. The Morgan fingerprint density at radius 1 is 1.64 bits per heavy atom. The number of nitrogens with zero attached hydrogens (tertiary/aromatic N) is 1. The van der Waals surface area contributed by atoms with Crippen LogP contribution < -0.4 is 11.5 Å². The molecule has 11 heavy (non-hydrogen) atoms. The Kier molecular flexibility index (Phi) is 3.99. The summed E-state index contributed by atoms with van der Waals surface area (Å²) in [6, 6.07) is -0.0856. The Bertz CT molecular complexity index is 171. The summed E-state index contributed by atoms with van der Waals surface area (Å²) < 4.78 is 0. The molecule has 0 aromatic heterocycles. The predicted octanol–water partition coefficient (Wildman–Crippen LogP) is -0.922. The van der Waals surface area contributed by atoms with E-state index in [0.717, 1.165) is 0 Å². The van der Waals surface area contributed by atoms with Crippen molar-refractivity contribution < 1.29 is 4.79 Å². The summed E-state index contributed by atoms with van der Waals surface area (Å²) in [6.45, 7) is 2.00. The SMILES string of the molecule is CC(C(N)=S)N(C)CC(N)=O. The monoisotopic (exact) mass is 175 g/mol. The summed E-state index contributed by atoms with van der Waals surface area (Å²) in [5.41, 5.74) is 10.3. The van der Waals surface area contributed by atoms with Gasteiger partial charge in [0.15, 0.2) is 0 Å². The Balaban J connectivity index is 3.92. The van der Waals surface area contributed by atoms with Crippen molar-refractivity contribution in [1.29, 1.82) is 0 Å². The molecule has 1 amide bonds. The largest absolute Gasteiger partial charge is 0.392 e. The molecule has 5 heteroatoms. The summed E-state index contributed by atoms with van der Waals surface area (Å²) in [4.78, 5) is 12.5. The molecule has 0 aromatic rings. The fourth-order valence-corrected chi connectivity index (χ4v) is 0.780. The van der Waals surface area contributed by atoms with Crippen molar-refractivity contribution in [3.05, 3.63) is 0 Å². The van der Waals surface area contributed by atoms with Gasteiger partial charge in [-0.1, -0.05) is 12.2 Å². The molecule has 0 saturated heterocycles. The van der Waals surface area contributed by atoms with Gasteiger partial charge in [0.25, 0.3) is 0 Å². The van der Waals surface area contributed by atoms with E-state index < -0.39 is 0 Å². The maximum absolute atomic E-state index is 10.4. The molecule has 0 aliphatic rings. The van der Waals surface area contributed by atoms with Crippen LogP contribution in [0, 0.1) is 0 Å². The highest BCUT2D eigenvalue weighted by Crippen LogP contribution is 1.93. The van der Waals surface area contributed by atoms with Crippen LogP contribution in [0.1, 0.15) is 6.92 Å². The maximum atomic E-state index is 10.4. The standard InChI is InChI=1S/C6H13N3OS/c1-4(6(8)11)9(2)3-5(7)10/h4H,3H2,1-2H3,(H2,7,10)(H2,8,11). The Hall–Kier alpha value is -0.680. The third-order valence-electron chi connectivity index (χ3n) is 1.48. The van der Waals surface area contributed by atoms with Crippen molar-refractivity contribution in [2.45, 2.75) is 13.0 Å². The number of nitrogens with two attached hydrogens (primary N) is 2. The lowest BCUT2D eigenvalue weighted by Crippen LogP contribution is -2.43. The highest BCUT2D eigenvalue weighted by Gasteiger charge is 2.12. The van der Waals surface area contributed by atoms with Gasteiger partial charge in [0, 0.05) is 0 Å². The van der Waals surface area contributed by atoms with E-state index in [0.29, 0.717) is 4.99 Å². The van der Waals surface area contributed by atoms with Crippen molar-refractivity contribution in [2.24, 2.45) is 11.5 Å². The van der Waals surface area contributed by atoms with Crippen LogP contribution in [0.2, 0.25) is 0 Å². The molecule has 1 unspecified atom stereocenters. The van der Waals surface area contributed by atoms with E-state index in [-0.39, 0.29) is 18.5 Å². The third-order valence-corrected chi connectivity index (χ3v) is 1.82. The minimum Gasteiger partial charge on any atom is -0.392 e. The second kappa shape index (κ2) is 4.25. The molecule has 0 spiro atoms. The zero-order chi connectivity index (χ0) is 9.02. The van der Waals surface area contributed by atoms with E-state index in [9.17, 15) is 4.79 Å². The second-order valence-electron chi connectivity index (χ2n) is 2.46. The third kappa shape index (κ3) is 3.90. The average Bonchev–Trinajstić information content (AvgIpc) is 1.84. The first-order chi connectivity index (χ1) is 4.95. The van der Waals surface area contributed by atoms with Crippen LogP contribution in [0.15, 0.2) is 0 Å². The lowest BCUT2D eigenvalue weighted by molar-refractivity contribution is -0.119. The molecule has 0 rings (SSSR count). The number of rotatable bonds is 4. The number of likely N-dealkylation sites (N-methyl/N-ethyl adjacent to an activating group) is 1. The van der Waals surface area contributed by atoms with Gasteiger partial charge in [-0.25, -0.2) is 0 Å². The van der Waals surface area contributed by atoms with Crippen LogP contribution in [-0.4, -0.2) is 35.4 Å². The van der Waals surface area contributed by atoms with Crippen LogP contribution in [0.3, 0.4) is 0 Å². The van der Waals surface area contributed by atoms with Crippen LogP contribution in [-0.2, 0) is 4.79 Å². The summed E-state index contributed by atoms with van der Waals surface area (Å²) in [7, 11) is 1.74. The number of carbonyl (C=O) groups excluding carboxylic acids is 1. The van der Waals surface area contributed by atoms with Crippen LogP contribution >= 0.6 is 12.2 Å². The number of primary amides is 1. The molecule has 1 atom stereocenters. The fourth-order valence-electron chi connectivity index (χ4n) is 0.600. The van der Waals surface area contributed by atoms with Gasteiger partial charge in [-0.15, -0.1) is 0 Å². The molecule has 0 aliphatic heterocycles. The summed E-state index contributed by atoms with van der Waals surface area (Å²) in [6.07, 6.45) is 0. The molecule has 64 valence electrons. The number of hydrogen-bond donors (Lipinski definition) is 2. The Morgan fingerprint density at radius 3 is 2.36 bits per heavy atom. The van der Waals surface area contributed by atoms with Gasteiger partial charge < -0.3 is 11.5 Å². The Morgan fingerprint density at radius 2 is 2.09 bits per heavy atom. The van der Waals surface area contributed by atoms with Crippen LogP contribution in [0.5, 0.6) is 0 Å². The first-order valence-electron chi connectivity index (χ1n) is 3.23. The highest BCUT2D eigenvalue weighted by molar-refractivity contribution is 7.80. The molecule has 4 N–H and O–H groups in total. The number of thiocarbonyl (C=S) groups is 1. The number of carbonyl (C=O) groups is 1. The summed E-state index contributed by atoms with van der Waals surface area (Å²) in [5.74, 6) is -0.379. The zero-order valence-corrected chi connectivity index (χ0v) is 7.52. The molecule has 0 bridgehead atoms. The molecule has 0 radical (unpaired) electrons. The summed E-state index contributed by atoms with van der Waals surface area (Å²) in [5, 5.41) is 0. The highest BCUT2D eigenvalue weighted by atomic mass is 32.1. The molecule has 4 nitrogen and oxygen atoms in total. The molecule has 0 heterocycles. The molecule has 0 aliphatic carbocycles. The van der Waals surface area contributed by atoms with Gasteiger partial charge in [-0.3, -0.25) is 9.69 Å². The van der Waals surface area contributed by atoms with Gasteiger partial charge in [0.1, 0.15) is 0 Å². The van der Waals surface area contributed by atoms with Gasteiger partial charge in [-0.05, 0) is 14.0 Å². The average molecular weight is 175 g/mol. The Labute approximate surface area is 71.5 Å². The van der Waals surface area contributed by atoms with E-state index in [1.165, 1.54) is 0 Å². The molecular formula is C6H13N3OS. The van der Waals surface area contributed by atoms with Gasteiger partial charge in [0.2, 0.25) is 5.91 Å². The smallest absolute Gasteiger partial charge is 0.231 e. The fraction of sp³-hybridized carbons (Fsp3) is 0.667. The first-order valence-corrected chi connectivity index (χ1v) is 3.64. The lowest BCUT2D eigenvalue weighted by atomic mass is 10.3. The van der Waals surface area contributed by atoms with E-state index >= 15 is 0 Å². The zero-order valence-electron chi connectivity index (χ0n) is 6.70. The topological polar surface area (TPSA) is 72.3 Å².